The number of carbonyl (C=O) groups excluding carboxylic acids is 2. The minimum Gasteiger partial charge on any atom is -0.361 e. The predicted molar refractivity (Wildman–Crippen MR) is 170 cm³/mol. The van der Waals surface area contributed by atoms with E-state index in [0.29, 0.717) is 36.6 Å². The summed E-state index contributed by atoms with van der Waals surface area (Å²) in [6.45, 7) is 12.0. The Labute approximate surface area is 253 Å². The molecule has 1 heterocycles. The van der Waals surface area contributed by atoms with Crippen LogP contribution in [-0.4, -0.2) is 46.2 Å². The molecule has 0 radical (unpaired) electrons. The molecule has 1 aromatic heterocycles. The summed E-state index contributed by atoms with van der Waals surface area (Å²) < 4.78 is 0. The number of para-hydroxylation sites is 1. The van der Waals surface area contributed by atoms with Gasteiger partial charge in [-0.05, 0) is 58.7 Å². The molecule has 7 heteroatoms. The van der Waals surface area contributed by atoms with Crippen LogP contribution in [0.5, 0.6) is 0 Å². The van der Waals surface area contributed by atoms with Gasteiger partial charge in [0.2, 0.25) is 5.91 Å². The van der Waals surface area contributed by atoms with Crippen LogP contribution in [0.15, 0.2) is 72.9 Å². The number of benzene rings is 3. The topological polar surface area (TPSA) is 56.4 Å². The molecular formula is C34H39Cl2N3O2. The molecule has 0 aliphatic carbocycles. The Morgan fingerprint density at radius 1 is 0.927 bits per heavy atom. The number of hydrogen-bond acceptors (Lipinski definition) is 2. The van der Waals surface area contributed by atoms with E-state index < -0.39 is 0 Å². The number of aromatic nitrogens is 1. The summed E-state index contributed by atoms with van der Waals surface area (Å²) in [5, 5.41) is 1.89. The molecule has 4 rings (SSSR count). The van der Waals surface area contributed by atoms with Gasteiger partial charge in [-0.25, -0.2) is 0 Å². The molecule has 0 spiro atoms. The Morgan fingerprint density at radius 2 is 1.63 bits per heavy atom. The first-order chi connectivity index (χ1) is 19.4. The average Bonchev–Trinajstić information content (AvgIpc) is 3.33. The van der Waals surface area contributed by atoms with Crippen LogP contribution in [0.3, 0.4) is 0 Å². The zero-order chi connectivity index (χ0) is 29.7. The lowest BCUT2D eigenvalue weighted by Crippen LogP contribution is -2.44. The fourth-order valence-electron chi connectivity index (χ4n) is 4.97. The smallest absolute Gasteiger partial charge is 0.255 e. The quantitative estimate of drug-likeness (QED) is 0.202. The maximum Gasteiger partial charge on any atom is 0.255 e. The van der Waals surface area contributed by atoms with E-state index in [1.807, 2.05) is 37.1 Å². The first-order valence-corrected chi connectivity index (χ1v) is 14.8. The molecule has 1 N–H and O–H groups in total. The van der Waals surface area contributed by atoms with E-state index in [-0.39, 0.29) is 34.7 Å². The number of rotatable bonds is 10. The third kappa shape index (κ3) is 7.93. The van der Waals surface area contributed by atoms with Gasteiger partial charge in [0.15, 0.2) is 0 Å². The maximum atomic E-state index is 13.9. The van der Waals surface area contributed by atoms with Gasteiger partial charge in [0, 0.05) is 41.8 Å². The van der Waals surface area contributed by atoms with E-state index in [0.717, 1.165) is 22.0 Å². The van der Waals surface area contributed by atoms with Crippen LogP contribution in [0, 0.1) is 5.92 Å². The number of H-pyrrole nitrogens is 1. The van der Waals surface area contributed by atoms with Crippen molar-refractivity contribution < 1.29 is 9.59 Å². The fourth-order valence-corrected chi connectivity index (χ4v) is 5.46. The molecule has 0 fully saturated rings. The van der Waals surface area contributed by atoms with E-state index in [9.17, 15) is 9.59 Å². The molecule has 0 aliphatic heterocycles. The average molecular weight is 593 g/mol. The zero-order valence-corrected chi connectivity index (χ0v) is 26.0. The van der Waals surface area contributed by atoms with E-state index in [1.54, 1.807) is 23.1 Å². The van der Waals surface area contributed by atoms with E-state index in [1.165, 1.54) is 5.56 Å². The van der Waals surface area contributed by atoms with Crippen molar-refractivity contribution >= 4 is 45.9 Å². The molecule has 3 aromatic carbocycles. The Balaban J connectivity index is 1.58. The fraction of sp³-hybridized carbons (Fsp3) is 0.353. The largest absolute Gasteiger partial charge is 0.361 e. The molecule has 216 valence electrons. The molecule has 5 nitrogen and oxygen atoms in total. The van der Waals surface area contributed by atoms with Crippen LogP contribution in [-0.2, 0) is 23.2 Å². The third-order valence-corrected chi connectivity index (χ3v) is 7.78. The second kappa shape index (κ2) is 13.1. The normalized spacial score (nSPS) is 11.7. The van der Waals surface area contributed by atoms with Crippen molar-refractivity contribution in [2.45, 2.75) is 53.0 Å². The SMILES string of the molecule is CC(C)CN(CC(=O)N(CCc1c[nH]c2ccccc12)Cc1ccc(C(C)(C)C)cc1)C(=O)c1ccc(Cl)cc1Cl. The van der Waals surface area contributed by atoms with Crippen LogP contribution in [0.2, 0.25) is 10.0 Å². The van der Waals surface area contributed by atoms with Crippen molar-refractivity contribution in [2.24, 2.45) is 5.92 Å². The molecule has 0 saturated carbocycles. The minimum absolute atomic E-state index is 0.0378. The van der Waals surface area contributed by atoms with Crippen LogP contribution in [0.4, 0.5) is 0 Å². The van der Waals surface area contributed by atoms with Crippen molar-refractivity contribution in [3.63, 3.8) is 0 Å². The second-order valence-electron chi connectivity index (χ2n) is 12.1. The minimum atomic E-state index is -0.278. The number of carbonyl (C=O) groups is 2. The van der Waals surface area contributed by atoms with Gasteiger partial charge in [0.1, 0.15) is 6.54 Å². The standard InChI is InChI=1S/C34H39Cl2N3O2/c1-23(2)20-39(33(41)29-15-14-27(35)18-30(29)36)22-32(40)38(21-24-10-12-26(13-11-24)34(3,4)5)17-16-25-19-37-31-9-7-6-8-28(25)31/h6-15,18-19,23,37H,16-17,20-22H2,1-5H3. The van der Waals surface area contributed by atoms with Gasteiger partial charge in [0.25, 0.3) is 5.91 Å². The number of amides is 2. The summed E-state index contributed by atoms with van der Waals surface area (Å²) in [4.78, 5) is 34.3. The van der Waals surface area contributed by atoms with Crippen LogP contribution >= 0.6 is 23.2 Å². The maximum absolute atomic E-state index is 13.9. The molecule has 0 saturated heterocycles. The Bertz CT molecular complexity index is 1500. The number of nitrogens with one attached hydrogen (secondary N) is 1. The predicted octanol–water partition coefficient (Wildman–Crippen LogP) is 8.14. The number of hydrogen-bond donors (Lipinski definition) is 1. The van der Waals surface area contributed by atoms with Crippen LogP contribution in [0.25, 0.3) is 10.9 Å². The van der Waals surface area contributed by atoms with Crippen LogP contribution < -0.4 is 0 Å². The Kier molecular flexibility index (Phi) is 9.83. The summed E-state index contributed by atoms with van der Waals surface area (Å²) in [5.74, 6) is -0.217. The van der Waals surface area contributed by atoms with Crippen molar-refractivity contribution in [1.29, 1.82) is 0 Å². The number of aromatic amines is 1. The first kappa shape index (κ1) is 30.7. The highest BCUT2D eigenvalue weighted by Gasteiger charge is 2.25. The molecule has 4 aromatic rings. The lowest BCUT2D eigenvalue weighted by molar-refractivity contribution is -0.132. The summed E-state index contributed by atoms with van der Waals surface area (Å²) in [5.41, 5.74) is 4.91. The molecule has 2 amide bonds. The highest BCUT2D eigenvalue weighted by Crippen LogP contribution is 2.25. The van der Waals surface area contributed by atoms with Crippen molar-refractivity contribution in [2.75, 3.05) is 19.6 Å². The lowest BCUT2D eigenvalue weighted by Gasteiger charge is -2.29. The monoisotopic (exact) mass is 591 g/mol. The van der Waals surface area contributed by atoms with Crippen molar-refractivity contribution in [3.8, 4) is 0 Å². The van der Waals surface area contributed by atoms with Crippen LogP contribution in [0.1, 0.15) is 61.7 Å². The van der Waals surface area contributed by atoms with Gasteiger partial charge in [-0.2, -0.15) is 0 Å². The third-order valence-electron chi connectivity index (χ3n) is 7.23. The van der Waals surface area contributed by atoms with Crippen molar-refractivity contribution in [3.05, 3.63) is 105 Å². The molecule has 41 heavy (non-hydrogen) atoms. The second-order valence-corrected chi connectivity index (χ2v) is 12.9. The molecule has 0 aliphatic rings. The van der Waals surface area contributed by atoms with Gasteiger partial charge >= 0.3 is 0 Å². The van der Waals surface area contributed by atoms with Gasteiger partial charge < -0.3 is 14.8 Å². The summed E-state index contributed by atoms with van der Waals surface area (Å²) in [6.07, 6.45) is 2.71. The van der Waals surface area contributed by atoms with Gasteiger partial charge in [-0.3, -0.25) is 9.59 Å². The van der Waals surface area contributed by atoms with Gasteiger partial charge in [0.05, 0.1) is 10.6 Å². The Hall–Kier alpha value is -3.28. The van der Waals surface area contributed by atoms with E-state index in [2.05, 4.69) is 62.2 Å². The Morgan fingerprint density at radius 3 is 2.29 bits per heavy atom. The number of nitrogens with zero attached hydrogens (tertiary/aromatic N) is 2. The summed E-state index contributed by atoms with van der Waals surface area (Å²) in [6, 6.07) is 21.5. The highest BCUT2D eigenvalue weighted by molar-refractivity contribution is 6.36. The first-order valence-electron chi connectivity index (χ1n) is 14.1. The van der Waals surface area contributed by atoms with E-state index >= 15 is 0 Å². The van der Waals surface area contributed by atoms with Crippen molar-refractivity contribution in [1.82, 2.24) is 14.8 Å². The number of halogens is 2. The lowest BCUT2D eigenvalue weighted by atomic mass is 9.87. The number of fused-ring (bicyclic) bond motifs is 1. The van der Waals surface area contributed by atoms with Gasteiger partial charge in [-0.1, -0.05) is 100 Å². The molecule has 0 bridgehead atoms. The summed E-state index contributed by atoms with van der Waals surface area (Å²) in [7, 11) is 0. The van der Waals surface area contributed by atoms with Gasteiger partial charge in [-0.15, -0.1) is 0 Å². The molecular weight excluding hydrogens is 553 g/mol. The van der Waals surface area contributed by atoms with E-state index in [4.69, 9.17) is 23.2 Å². The zero-order valence-electron chi connectivity index (χ0n) is 24.5. The molecule has 0 atom stereocenters. The molecule has 0 unspecified atom stereocenters. The summed E-state index contributed by atoms with van der Waals surface area (Å²) >= 11 is 12.4. The highest BCUT2D eigenvalue weighted by atomic mass is 35.5.